The van der Waals surface area contributed by atoms with E-state index in [1.165, 1.54) is 66.5 Å². The lowest BCUT2D eigenvalue weighted by molar-refractivity contribution is -0.139. The molecule has 4 rings (SSSR count). The van der Waals surface area contributed by atoms with E-state index in [4.69, 9.17) is 11.6 Å². The van der Waals surface area contributed by atoms with E-state index in [0.29, 0.717) is 5.02 Å². The molecule has 0 bridgehead atoms. The number of carbonyl (C=O) groups is 2. The number of nitrogens with zero attached hydrogens (tertiary/aromatic N) is 2. The summed E-state index contributed by atoms with van der Waals surface area (Å²) in [6, 6.07) is 26.3. The third kappa shape index (κ3) is 7.35. The van der Waals surface area contributed by atoms with Crippen LogP contribution in [0.25, 0.3) is 0 Å². The molecule has 0 saturated heterocycles. The van der Waals surface area contributed by atoms with Crippen molar-refractivity contribution in [1.82, 2.24) is 10.2 Å². The predicted molar refractivity (Wildman–Crippen MR) is 162 cm³/mol. The molecule has 0 radical (unpaired) electrons. The molecule has 218 valence electrons. The third-order valence-electron chi connectivity index (χ3n) is 6.82. The second-order valence-corrected chi connectivity index (χ2v) is 12.0. The summed E-state index contributed by atoms with van der Waals surface area (Å²) in [5.41, 5.74) is 2.04. The summed E-state index contributed by atoms with van der Waals surface area (Å²) in [5, 5.41) is 2.99. The van der Waals surface area contributed by atoms with E-state index >= 15 is 0 Å². The number of sulfonamides is 1. The number of carbonyl (C=O) groups excluding carboxylic acids is 2. The molecule has 2 amide bonds. The number of hydrogen-bond donors (Lipinski definition) is 1. The van der Waals surface area contributed by atoms with E-state index in [-0.39, 0.29) is 29.1 Å². The first-order valence-corrected chi connectivity index (χ1v) is 15.1. The number of nitrogens with one attached hydrogen (secondary N) is 1. The largest absolute Gasteiger partial charge is 0.357 e. The highest BCUT2D eigenvalue weighted by molar-refractivity contribution is 7.92. The Morgan fingerprint density at radius 3 is 2.12 bits per heavy atom. The van der Waals surface area contributed by atoms with Crippen LogP contribution < -0.4 is 9.62 Å². The number of halogens is 2. The van der Waals surface area contributed by atoms with E-state index < -0.39 is 40.2 Å². The number of likely N-dealkylation sites (N-methyl/N-ethyl adjacent to an activating group) is 1. The minimum absolute atomic E-state index is 0.0105. The fourth-order valence-corrected chi connectivity index (χ4v) is 6.04. The highest BCUT2D eigenvalue weighted by Gasteiger charge is 2.34. The SMILES string of the molecule is CNC(=O)[C@H](Cc1ccccc1)N(Cc1ccccc1F)C(=O)CN(c1ccc(Cl)cc1)S(=O)(=O)c1ccc(C)cc1. The fraction of sp³-hybridized carbons (Fsp3) is 0.188. The van der Waals surface area contributed by atoms with Crippen molar-refractivity contribution in [2.24, 2.45) is 0 Å². The van der Waals surface area contributed by atoms with Crippen LogP contribution >= 0.6 is 11.6 Å². The lowest BCUT2D eigenvalue weighted by Gasteiger charge is -2.33. The van der Waals surface area contributed by atoms with Gasteiger partial charge in [0.15, 0.2) is 0 Å². The molecule has 1 N–H and O–H groups in total. The third-order valence-corrected chi connectivity index (χ3v) is 8.86. The Balaban J connectivity index is 1.79. The zero-order chi connectivity index (χ0) is 30.3. The van der Waals surface area contributed by atoms with Crippen molar-refractivity contribution in [3.05, 3.63) is 131 Å². The van der Waals surface area contributed by atoms with Gasteiger partial charge < -0.3 is 10.2 Å². The number of benzene rings is 4. The van der Waals surface area contributed by atoms with Gasteiger partial charge >= 0.3 is 0 Å². The van der Waals surface area contributed by atoms with Crippen LogP contribution in [0, 0.1) is 12.7 Å². The Morgan fingerprint density at radius 1 is 0.881 bits per heavy atom. The first-order valence-electron chi connectivity index (χ1n) is 13.2. The molecule has 0 aliphatic heterocycles. The zero-order valence-corrected chi connectivity index (χ0v) is 24.8. The van der Waals surface area contributed by atoms with E-state index in [1.807, 2.05) is 37.3 Å². The van der Waals surface area contributed by atoms with Crippen LogP contribution in [0.1, 0.15) is 16.7 Å². The van der Waals surface area contributed by atoms with Gasteiger partial charge in [-0.3, -0.25) is 13.9 Å². The average molecular weight is 608 g/mol. The Hall–Kier alpha value is -4.21. The summed E-state index contributed by atoms with van der Waals surface area (Å²) in [4.78, 5) is 28.6. The minimum Gasteiger partial charge on any atom is -0.357 e. The van der Waals surface area contributed by atoms with Gasteiger partial charge in [0.1, 0.15) is 18.4 Å². The number of anilines is 1. The normalized spacial score (nSPS) is 11.9. The molecule has 0 aliphatic carbocycles. The zero-order valence-electron chi connectivity index (χ0n) is 23.2. The second kappa shape index (κ2) is 13.6. The molecule has 4 aromatic carbocycles. The van der Waals surface area contributed by atoms with E-state index in [1.54, 1.807) is 18.2 Å². The molecule has 42 heavy (non-hydrogen) atoms. The maximum absolute atomic E-state index is 14.8. The predicted octanol–water partition coefficient (Wildman–Crippen LogP) is 5.37. The smallest absolute Gasteiger partial charge is 0.264 e. The Morgan fingerprint density at radius 2 is 1.50 bits per heavy atom. The van der Waals surface area contributed by atoms with Crippen LogP contribution in [0.2, 0.25) is 5.02 Å². The van der Waals surface area contributed by atoms with Crippen molar-refractivity contribution in [2.75, 3.05) is 17.9 Å². The van der Waals surface area contributed by atoms with Crippen LogP contribution in [-0.4, -0.2) is 44.8 Å². The summed E-state index contributed by atoms with van der Waals surface area (Å²) < 4.78 is 43.7. The van der Waals surface area contributed by atoms with Crippen LogP contribution in [0.5, 0.6) is 0 Å². The molecule has 7 nitrogen and oxygen atoms in total. The summed E-state index contributed by atoms with van der Waals surface area (Å²) in [6.45, 7) is 0.938. The van der Waals surface area contributed by atoms with Crippen LogP contribution in [-0.2, 0) is 32.6 Å². The lowest BCUT2D eigenvalue weighted by atomic mass is 10.0. The van der Waals surface area contributed by atoms with E-state index in [2.05, 4.69) is 5.32 Å². The van der Waals surface area contributed by atoms with Gasteiger partial charge in [-0.25, -0.2) is 12.8 Å². The van der Waals surface area contributed by atoms with Gasteiger partial charge in [0, 0.05) is 30.6 Å². The molecule has 0 aromatic heterocycles. The first kappa shape index (κ1) is 30.7. The Kier molecular flexibility index (Phi) is 9.98. The number of amides is 2. The monoisotopic (exact) mass is 607 g/mol. The lowest BCUT2D eigenvalue weighted by Crippen LogP contribution is -2.53. The van der Waals surface area contributed by atoms with E-state index in [0.717, 1.165) is 15.4 Å². The van der Waals surface area contributed by atoms with Crippen molar-refractivity contribution >= 4 is 39.1 Å². The van der Waals surface area contributed by atoms with Crippen LogP contribution in [0.4, 0.5) is 10.1 Å². The van der Waals surface area contributed by atoms with Crippen molar-refractivity contribution in [2.45, 2.75) is 30.8 Å². The molecule has 10 heteroatoms. The van der Waals surface area contributed by atoms with Crippen molar-refractivity contribution in [3.8, 4) is 0 Å². The number of rotatable bonds is 11. The van der Waals surface area contributed by atoms with Gasteiger partial charge in [-0.15, -0.1) is 0 Å². The molecular weight excluding hydrogens is 577 g/mol. The van der Waals surface area contributed by atoms with Crippen LogP contribution in [0.15, 0.2) is 108 Å². The molecule has 0 aliphatic rings. The molecule has 0 unspecified atom stereocenters. The number of aryl methyl sites for hydroxylation is 1. The van der Waals surface area contributed by atoms with Crippen molar-refractivity contribution in [1.29, 1.82) is 0 Å². The second-order valence-electron chi connectivity index (χ2n) is 9.73. The van der Waals surface area contributed by atoms with Gasteiger partial charge in [-0.05, 0) is 55.0 Å². The standard InChI is InChI=1S/C32H31ClFN3O4S/c1-23-12-18-28(19-13-23)42(40,41)37(27-16-14-26(33)15-17-27)22-31(38)36(21-25-10-6-7-11-29(25)34)30(32(39)35-2)20-24-8-4-3-5-9-24/h3-19,30H,20-22H2,1-2H3,(H,35,39)/t30-/m0/s1. The highest BCUT2D eigenvalue weighted by atomic mass is 35.5. The molecule has 0 spiro atoms. The van der Waals surface area contributed by atoms with E-state index in [9.17, 15) is 22.4 Å². The van der Waals surface area contributed by atoms with Gasteiger partial charge in [-0.1, -0.05) is 77.8 Å². The van der Waals surface area contributed by atoms with Gasteiger partial charge in [0.25, 0.3) is 10.0 Å². The minimum atomic E-state index is -4.24. The maximum atomic E-state index is 14.8. The highest BCUT2D eigenvalue weighted by Crippen LogP contribution is 2.27. The Bertz CT molecular complexity index is 1630. The topological polar surface area (TPSA) is 86.8 Å². The number of hydrogen-bond acceptors (Lipinski definition) is 4. The van der Waals surface area contributed by atoms with Gasteiger partial charge in [-0.2, -0.15) is 0 Å². The molecule has 0 fully saturated rings. The molecule has 0 heterocycles. The summed E-state index contributed by atoms with van der Waals surface area (Å²) in [6.07, 6.45) is 0.131. The molecular formula is C32H31ClFN3O4S. The van der Waals surface area contributed by atoms with Crippen molar-refractivity contribution < 1.29 is 22.4 Å². The summed E-state index contributed by atoms with van der Waals surface area (Å²) in [7, 11) is -2.78. The maximum Gasteiger partial charge on any atom is 0.264 e. The molecule has 0 saturated carbocycles. The quantitative estimate of drug-likeness (QED) is 0.248. The Labute approximate surface area is 250 Å². The van der Waals surface area contributed by atoms with Gasteiger partial charge in [0.2, 0.25) is 11.8 Å². The first-order chi connectivity index (χ1) is 20.1. The fourth-order valence-electron chi connectivity index (χ4n) is 4.50. The summed E-state index contributed by atoms with van der Waals surface area (Å²) in [5.74, 6) is -1.70. The van der Waals surface area contributed by atoms with Crippen molar-refractivity contribution in [3.63, 3.8) is 0 Å². The summed E-state index contributed by atoms with van der Waals surface area (Å²) >= 11 is 6.07. The van der Waals surface area contributed by atoms with Gasteiger partial charge in [0.05, 0.1) is 10.6 Å². The average Bonchev–Trinajstić information content (AvgIpc) is 2.99. The molecule has 4 aromatic rings. The molecule has 1 atom stereocenters. The van der Waals surface area contributed by atoms with Crippen LogP contribution in [0.3, 0.4) is 0 Å².